The van der Waals surface area contributed by atoms with Crippen LogP contribution in [-0.2, 0) is 11.3 Å². The van der Waals surface area contributed by atoms with Gasteiger partial charge in [-0.3, -0.25) is 19.7 Å². The van der Waals surface area contributed by atoms with Crippen LogP contribution in [0.25, 0.3) is 0 Å². The van der Waals surface area contributed by atoms with E-state index < -0.39 is 16.9 Å². The molecule has 0 heterocycles. The zero-order chi connectivity index (χ0) is 19.1. The summed E-state index contributed by atoms with van der Waals surface area (Å²) in [6.07, 6.45) is -0.448. The third-order valence-electron chi connectivity index (χ3n) is 3.61. The van der Waals surface area contributed by atoms with Crippen LogP contribution in [0.3, 0.4) is 0 Å². The minimum Gasteiger partial charge on any atom is -0.497 e. The monoisotopic (exact) mass is 358 g/mol. The van der Waals surface area contributed by atoms with E-state index >= 15 is 0 Å². The number of methoxy groups -OCH3 is 1. The number of benzene rings is 2. The van der Waals surface area contributed by atoms with Gasteiger partial charge in [0.1, 0.15) is 12.0 Å². The van der Waals surface area contributed by atoms with Crippen molar-refractivity contribution >= 4 is 17.9 Å². The Kier molecular flexibility index (Phi) is 6.26. The molecule has 2 rings (SSSR count). The number of nitrogens with one attached hydrogen (secondary N) is 1. The van der Waals surface area contributed by atoms with Gasteiger partial charge in [-0.1, -0.05) is 12.1 Å². The van der Waals surface area contributed by atoms with Crippen molar-refractivity contribution < 1.29 is 24.0 Å². The summed E-state index contributed by atoms with van der Waals surface area (Å²) >= 11 is 0. The van der Waals surface area contributed by atoms with Crippen LogP contribution in [0.2, 0.25) is 0 Å². The van der Waals surface area contributed by atoms with Crippen LogP contribution in [0, 0.1) is 10.1 Å². The van der Waals surface area contributed by atoms with E-state index in [0.717, 1.165) is 11.6 Å². The Labute approximate surface area is 149 Å². The first-order valence-electron chi connectivity index (χ1n) is 7.75. The Morgan fingerprint density at radius 3 is 2.54 bits per heavy atom. The van der Waals surface area contributed by atoms with Gasteiger partial charge in [-0.2, -0.15) is 0 Å². The quantitative estimate of drug-likeness (QED) is 0.441. The van der Waals surface area contributed by atoms with Crippen molar-refractivity contribution in [2.75, 3.05) is 7.11 Å². The first-order valence-corrected chi connectivity index (χ1v) is 7.75. The van der Waals surface area contributed by atoms with Crippen LogP contribution in [0.1, 0.15) is 22.8 Å². The van der Waals surface area contributed by atoms with Crippen LogP contribution in [0.15, 0.2) is 42.5 Å². The van der Waals surface area contributed by atoms with E-state index in [1.165, 1.54) is 19.1 Å². The van der Waals surface area contributed by atoms with E-state index in [-0.39, 0.29) is 23.5 Å². The fourth-order valence-electron chi connectivity index (χ4n) is 2.17. The van der Waals surface area contributed by atoms with Gasteiger partial charge in [0.05, 0.1) is 12.0 Å². The molecule has 8 heteroatoms. The maximum absolute atomic E-state index is 12.2. The van der Waals surface area contributed by atoms with E-state index in [4.69, 9.17) is 9.47 Å². The van der Waals surface area contributed by atoms with Crippen LogP contribution in [-0.4, -0.2) is 30.3 Å². The van der Waals surface area contributed by atoms with Gasteiger partial charge in [-0.05, 0) is 36.8 Å². The molecule has 1 atom stereocenters. The number of aldehydes is 1. The third kappa shape index (κ3) is 4.79. The molecule has 0 saturated heterocycles. The standard InChI is InChI=1S/C18H18N2O6/c1-12(18(22)19-10-13-3-6-15(25-2)7-4-13)26-17-8-5-14(11-21)9-16(17)20(23)24/h3-9,11-12H,10H2,1-2H3,(H,19,22)/t12-/m0/s1. The lowest BCUT2D eigenvalue weighted by Crippen LogP contribution is -2.36. The number of nitro groups is 1. The Morgan fingerprint density at radius 2 is 1.96 bits per heavy atom. The predicted molar refractivity (Wildman–Crippen MR) is 93.4 cm³/mol. The van der Waals surface area contributed by atoms with Crippen molar-refractivity contribution in [1.29, 1.82) is 0 Å². The smallest absolute Gasteiger partial charge is 0.311 e. The highest BCUT2D eigenvalue weighted by Gasteiger charge is 2.21. The Morgan fingerprint density at radius 1 is 1.27 bits per heavy atom. The number of ether oxygens (including phenoxy) is 2. The number of nitro benzene ring substituents is 1. The van der Waals surface area contributed by atoms with Gasteiger partial charge in [0.25, 0.3) is 5.91 Å². The fourth-order valence-corrected chi connectivity index (χ4v) is 2.17. The highest BCUT2D eigenvalue weighted by molar-refractivity contribution is 5.81. The number of hydrogen-bond acceptors (Lipinski definition) is 6. The molecule has 0 aromatic heterocycles. The largest absolute Gasteiger partial charge is 0.497 e. The van der Waals surface area contributed by atoms with E-state index in [2.05, 4.69) is 5.32 Å². The zero-order valence-electron chi connectivity index (χ0n) is 14.3. The van der Waals surface area contributed by atoms with Crippen LogP contribution in [0.5, 0.6) is 11.5 Å². The van der Waals surface area contributed by atoms with E-state index in [1.807, 2.05) is 12.1 Å². The summed E-state index contributed by atoms with van der Waals surface area (Å²) in [6.45, 7) is 1.77. The van der Waals surface area contributed by atoms with Gasteiger partial charge < -0.3 is 14.8 Å². The summed E-state index contributed by atoms with van der Waals surface area (Å²) in [5.41, 5.74) is 0.651. The summed E-state index contributed by atoms with van der Waals surface area (Å²) in [7, 11) is 1.57. The molecule has 2 aromatic rings. The topological polar surface area (TPSA) is 108 Å². The molecule has 0 aliphatic rings. The van der Waals surface area contributed by atoms with Crippen molar-refractivity contribution in [2.45, 2.75) is 19.6 Å². The first-order chi connectivity index (χ1) is 12.4. The van der Waals surface area contributed by atoms with Gasteiger partial charge in [0.2, 0.25) is 0 Å². The summed E-state index contributed by atoms with van der Waals surface area (Å²) in [5.74, 6) is 0.213. The van der Waals surface area contributed by atoms with Gasteiger partial charge in [-0.15, -0.1) is 0 Å². The molecule has 136 valence electrons. The Hall–Kier alpha value is -3.42. The van der Waals surface area contributed by atoms with E-state index in [9.17, 15) is 19.7 Å². The summed E-state index contributed by atoms with van der Waals surface area (Å²) in [5, 5.41) is 13.8. The van der Waals surface area contributed by atoms with Gasteiger partial charge in [0.15, 0.2) is 11.9 Å². The van der Waals surface area contributed by atoms with Gasteiger partial charge in [0, 0.05) is 18.2 Å². The Bertz CT molecular complexity index is 804. The van der Waals surface area contributed by atoms with Crippen LogP contribution >= 0.6 is 0 Å². The molecule has 0 aliphatic carbocycles. The van der Waals surface area contributed by atoms with Crippen molar-refractivity contribution in [3.8, 4) is 11.5 Å². The molecule has 0 saturated carbocycles. The normalized spacial score (nSPS) is 11.3. The predicted octanol–water partition coefficient (Wildman–Crippen LogP) is 2.50. The third-order valence-corrected chi connectivity index (χ3v) is 3.61. The molecule has 1 N–H and O–H groups in total. The fraction of sp³-hybridized carbons (Fsp3) is 0.222. The van der Waals surface area contributed by atoms with Gasteiger partial charge >= 0.3 is 5.69 Å². The van der Waals surface area contributed by atoms with E-state index in [1.54, 1.807) is 19.2 Å². The van der Waals surface area contributed by atoms with E-state index in [0.29, 0.717) is 12.0 Å². The minimum absolute atomic E-state index is 0.0762. The molecule has 0 unspecified atom stereocenters. The number of nitrogens with zero attached hydrogens (tertiary/aromatic N) is 1. The molecular weight excluding hydrogens is 340 g/mol. The first kappa shape index (κ1) is 18.9. The summed E-state index contributed by atoms with van der Waals surface area (Å²) in [4.78, 5) is 33.3. The second-order valence-corrected chi connectivity index (χ2v) is 5.43. The average Bonchev–Trinajstić information content (AvgIpc) is 2.66. The second kappa shape index (κ2) is 8.61. The van der Waals surface area contributed by atoms with Gasteiger partial charge in [-0.25, -0.2) is 0 Å². The molecular formula is C18H18N2O6. The molecule has 0 aliphatic heterocycles. The summed E-state index contributed by atoms with van der Waals surface area (Å²) in [6, 6.07) is 11.0. The maximum atomic E-state index is 12.2. The van der Waals surface area contributed by atoms with Crippen molar-refractivity contribution in [2.24, 2.45) is 0 Å². The number of amides is 1. The summed E-state index contributed by atoms with van der Waals surface area (Å²) < 4.78 is 10.5. The van der Waals surface area contributed by atoms with Crippen molar-refractivity contribution in [3.05, 3.63) is 63.7 Å². The van der Waals surface area contributed by atoms with Crippen LogP contribution in [0.4, 0.5) is 5.69 Å². The number of hydrogen-bond donors (Lipinski definition) is 1. The SMILES string of the molecule is COc1ccc(CNC(=O)[C@H](C)Oc2ccc(C=O)cc2[N+](=O)[O-])cc1. The van der Waals surface area contributed by atoms with Crippen molar-refractivity contribution in [3.63, 3.8) is 0 Å². The molecule has 1 amide bonds. The van der Waals surface area contributed by atoms with Crippen LogP contribution < -0.4 is 14.8 Å². The molecule has 0 bridgehead atoms. The molecule has 0 fully saturated rings. The molecule has 8 nitrogen and oxygen atoms in total. The number of rotatable bonds is 8. The number of carbonyl (C=O) groups is 2. The Balaban J connectivity index is 2.00. The highest BCUT2D eigenvalue weighted by Crippen LogP contribution is 2.28. The molecule has 26 heavy (non-hydrogen) atoms. The lowest BCUT2D eigenvalue weighted by molar-refractivity contribution is -0.386. The minimum atomic E-state index is -0.950. The maximum Gasteiger partial charge on any atom is 0.311 e. The number of carbonyl (C=O) groups excluding carboxylic acids is 2. The molecule has 0 radical (unpaired) electrons. The highest BCUT2D eigenvalue weighted by atomic mass is 16.6. The van der Waals surface area contributed by atoms with Crippen molar-refractivity contribution in [1.82, 2.24) is 5.32 Å². The lowest BCUT2D eigenvalue weighted by Gasteiger charge is -2.15. The molecule has 0 spiro atoms. The molecule has 2 aromatic carbocycles. The average molecular weight is 358 g/mol. The second-order valence-electron chi connectivity index (χ2n) is 5.43. The zero-order valence-corrected chi connectivity index (χ0v) is 14.3. The lowest BCUT2D eigenvalue weighted by atomic mass is 10.2.